The van der Waals surface area contributed by atoms with E-state index in [2.05, 4.69) is 10.6 Å². The number of carboxylic acids is 1. The molecular weight excluding hydrogens is 256 g/mol. The molecular formula is C11H16N2O4S. The fraction of sp³-hybridized carbons (Fsp3) is 0.455. The van der Waals surface area contributed by atoms with Crippen LogP contribution in [0.1, 0.15) is 12.0 Å². The first-order valence-electron chi connectivity index (χ1n) is 5.52. The summed E-state index contributed by atoms with van der Waals surface area (Å²) in [5.74, 6) is -1.16. The predicted octanol–water partition coefficient (Wildman–Crippen LogP) is 0.425. The van der Waals surface area contributed by atoms with E-state index < -0.39 is 18.0 Å². The highest BCUT2D eigenvalue weighted by molar-refractivity contribution is 7.07. The average molecular weight is 272 g/mol. The van der Waals surface area contributed by atoms with E-state index in [1.54, 1.807) is 11.3 Å². The molecule has 1 heterocycles. The highest BCUT2D eigenvalue weighted by Gasteiger charge is 2.18. The highest BCUT2D eigenvalue weighted by Crippen LogP contribution is 2.05. The van der Waals surface area contributed by atoms with E-state index >= 15 is 0 Å². The highest BCUT2D eigenvalue weighted by atomic mass is 32.1. The number of thiophene rings is 1. The SMILES string of the molecule is O=C(NCCc1ccsc1)N[C@H](CCO)C(=O)O. The molecule has 100 valence electrons. The normalized spacial score (nSPS) is 11.8. The molecule has 6 nitrogen and oxygen atoms in total. The number of carbonyl (C=O) groups is 2. The summed E-state index contributed by atoms with van der Waals surface area (Å²) >= 11 is 1.59. The van der Waals surface area contributed by atoms with Gasteiger partial charge in [-0.05, 0) is 28.8 Å². The topological polar surface area (TPSA) is 98.7 Å². The number of aliphatic hydroxyl groups is 1. The van der Waals surface area contributed by atoms with Crippen molar-refractivity contribution < 1.29 is 19.8 Å². The molecule has 7 heteroatoms. The lowest BCUT2D eigenvalue weighted by Gasteiger charge is -2.13. The molecule has 0 spiro atoms. The molecule has 0 saturated carbocycles. The van der Waals surface area contributed by atoms with Gasteiger partial charge in [0.1, 0.15) is 6.04 Å². The Morgan fingerprint density at radius 2 is 2.22 bits per heavy atom. The molecule has 1 aromatic heterocycles. The second-order valence-electron chi connectivity index (χ2n) is 3.68. The third-order valence-corrected chi connectivity index (χ3v) is 3.03. The Hall–Kier alpha value is -1.60. The largest absolute Gasteiger partial charge is 0.480 e. The van der Waals surface area contributed by atoms with Crippen LogP contribution in [0.15, 0.2) is 16.8 Å². The first-order valence-corrected chi connectivity index (χ1v) is 6.47. The quantitative estimate of drug-likeness (QED) is 0.578. The van der Waals surface area contributed by atoms with Crippen LogP contribution in [0, 0.1) is 0 Å². The summed E-state index contributed by atoms with van der Waals surface area (Å²) in [5, 5.41) is 26.3. The van der Waals surface area contributed by atoms with Crippen molar-refractivity contribution in [2.24, 2.45) is 0 Å². The van der Waals surface area contributed by atoms with E-state index in [0.29, 0.717) is 13.0 Å². The van der Waals surface area contributed by atoms with Crippen LogP contribution in [0.2, 0.25) is 0 Å². The molecule has 0 saturated heterocycles. The van der Waals surface area contributed by atoms with Crippen molar-refractivity contribution in [1.29, 1.82) is 0 Å². The summed E-state index contributed by atoms with van der Waals surface area (Å²) < 4.78 is 0. The number of rotatable bonds is 7. The number of aliphatic carboxylic acids is 1. The minimum Gasteiger partial charge on any atom is -0.480 e. The Morgan fingerprint density at radius 3 is 2.78 bits per heavy atom. The van der Waals surface area contributed by atoms with Crippen LogP contribution < -0.4 is 10.6 Å². The van der Waals surface area contributed by atoms with Crippen molar-refractivity contribution >= 4 is 23.3 Å². The molecule has 0 fully saturated rings. The smallest absolute Gasteiger partial charge is 0.326 e. The Morgan fingerprint density at radius 1 is 1.44 bits per heavy atom. The van der Waals surface area contributed by atoms with Gasteiger partial charge in [0.05, 0.1) is 0 Å². The molecule has 2 amide bonds. The summed E-state index contributed by atoms with van der Waals surface area (Å²) in [5.41, 5.74) is 1.13. The summed E-state index contributed by atoms with van der Waals surface area (Å²) in [6.07, 6.45) is 0.696. The van der Waals surface area contributed by atoms with Gasteiger partial charge in [0.15, 0.2) is 0 Å². The van der Waals surface area contributed by atoms with Crippen LogP contribution in [0.3, 0.4) is 0 Å². The zero-order valence-corrected chi connectivity index (χ0v) is 10.6. The molecule has 0 aliphatic heterocycles. The van der Waals surface area contributed by atoms with E-state index in [1.807, 2.05) is 16.8 Å². The van der Waals surface area contributed by atoms with Crippen molar-refractivity contribution in [3.63, 3.8) is 0 Å². The average Bonchev–Trinajstić information content (AvgIpc) is 2.81. The van der Waals surface area contributed by atoms with Crippen molar-refractivity contribution in [2.45, 2.75) is 18.9 Å². The van der Waals surface area contributed by atoms with E-state index in [0.717, 1.165) is 5.56 Å². The van der Waals surface area contributed by atoms with Gasteiger partial charge in [0.25, 0.3) is 0 Å². The molecule has 1 rings (SSSR count). The number of aliphatic hydroxyl groups excluding tert-OH is 1. The van der Waals surface area contributed by atoms with E-state index in [1.165, 1.54) is 0 Å². The standard InChI is InChI=1S/C11H16N2O4S/c14-5-2-9(10(15)16)13-11(17)12-4-1-8-3-6-18-7-8/h3,6-7,9,14H,1-2,4-5H2,(H,15,16)(H2,12,13,17)/t9-/m1/s1. The maximum absolute atomic E-state index is 11.4. The number of hydrogen-bond donors (Lipinski definition) is 4. The van der Waals surface area contributed by atoms with Crippen molar-refractivity contribution in [3.05, 3.63) is 22.4 Å². The van der Waals surface area contributed by atoms with Gasteiger partial charge in [-0.2, -0.15) is 11.3 Å². The molecule has 1 atom stereocenters. The zero-order valence-electron chi connectivity index (χ0n) is 9.76. The summed E-state index contributed by atoms with van der Waals surface area (Å²) in [4.78, 5) is 22.1. The molecule has 1 aromatic rings. The van der Waals surface area contributed by atoms with Gasteiger partial charge in [0.2, 0.25) is 0 Å². The van der Waals surface area contributed by atoms with Crippen molar-refractivity contribution in [1.82, 2.24) is 10.6 Å². The van der Waals surface area contributed by atoms with E-state index in [9.17, 15) is 9.59 Å². The third kappa shape index (κ3) is 5.15. The Labute approximate surface area is 109 Å². The molecule has 0 radical (unpaired) electrons. The van der Waals surface area contributed by atoms with Crippen LogP contribution in [0.4, 0.5) is 4.79 Å². The van der Waals surface area contributed by atoms with Crippen LogP contribution >= 0.6 is 11.3 Å². The van der Waals surface area contributed by atoms with Crippen LogP contribution in [-0.2, 0) is 11.2 Å². The number of carbonyl (C=O) groups excluding carboxylic acids is 1. The minimum atomic E-state index is -1.16. The molecule has 0 aliphatic rings. The number of nitrogens with one attached hydrogen (secondary N) is 2. The van der Waals surface area contributed by atoms with E-state index in [4.69, 9.17) is 10.2 Å². The molecule has 0 aliphatic carbocycles. The van der Waals surface area contributed by atoms with Crippen LogP contribution in [0.5, 0.6) is 0 Å². The number of carboxylic acid groups (broad SMARTS) is 1. The van der Waals surface area contributed by atoms with Gasteiger partial charge < -0.3 is 20.8 Å². The Bertz CT molecular complexity index is 380. The number of amides is 2. The first kappa shape index (κ1) is 14.5. The fourth-order valence-corrected chi connectivity index (χ4v) is 2.05. The molecule has 0 bridgehead atoms. The molecule has 0 unspecified atom stereocenters. The van der Waals surface area contributed by atoms with Gasteiger partial charge >= 0.3 is 12.0 Å². The number of hydrogen-bond acceptors (Lipinski definition) is 4. The second kappa shape index (κ2) is 7.67. The Kier molecular flexibility index (Phi) is 6.16. The lowest BCUT2D eigenvalue weighted by atomic mass is 10.2. The van der Waals surface area contributed by atoms with Crippen molar-refractivity contribution in [2.75, 3.05) is 13.2 Å². The summed E-state index contributed by atoms with van der Waals surface area (Å²) in [7, 11) is 0. The maximum Gasteiger partial charge on any atom is 0.326 e. The number of urea groups is 1. The van der Waals surface area contributed by atoms with Gasteiger partial charge in [-0.25, -0.2) is 9.59 Å². The van der Waals surface area contributed by atoms with Gasteiger partial charge in [-0.3, -0.25) is 0 Å². The predicted molar refractivity (Wildman–Crippen MR) is 67.7 cm³/mol. The molecule has 18 heavy (non-hydrogen) atoms. The third-order valence-electron chi connectivity index (χ3n) is 2.30. The minimum absolute atomic E-state index is 0.00666. The van der Waals surface area contributed by atoms with Gasteiger partial charge in [0, 0.05) is 19.6 Å². The zero-order chi connectivity index (χ0) is 13.4. The van der Waals surface area contributed by atoms with Crippen molar-refractivity contribution in [3.8, 4) is 0 Å². The van der Waals surface area contributed by atoms with Crippen LogP contribution in [0.25, 0.3) is 0 Å². The van der Waals surface area contributed by atoms with Gasteiger partial charge in [-0.1, -0.05) is 0 Å². The summed E-state index contributed by atoms with van der Waals surface area (Å²) in [6, 6.07) is 0.373. The van der Waals surface area contributed by atoms with E-state index in [-0.39, 0.29) is 13.0 Å². The lowest BCUT2D eigenvalue weighted by molar-refractivity contribution is -0.139. The molecule has 0 aromatic carbocycles. The van der Waals surface area contributed by atoms with Gasteiger partial charge in [-0.15, -0.1) is 0 Å². The first-order chi connectivity index (χ1) is 8.63. The maximum atomic E-state index is 11.4. The Balaban J connectivity index is 2.25. The fourth-order valence-electron chi connectivity index (χ4n) is 1.35. The second-order valence-corrected chi connectivity index (χ2v) is 4.46. The summed E-state index contributed by atoms with van der Waals surface area (Å²) in [6.45, 7) is 0.153. The van der Waals surface area contributed by atoms with Crippen LogP contribution in [-0.4, -0.2) is 41.4 Å². The monoisotopic (exact) mass is 272 g/mol. The lowest BCUT2D eigenvalue weighted by Crippen LogP contribution is -2.46. The molecule has 4 N–H and O–H groups in total.